The van der Waals surface area contributed by atoms with Gasteiger partial charge in [0.15, 0.2) is 0 Å². The molecule has 0 atom stereocenters. The minimum absolute atomic E-state index is 0.0534. The fraction of sp³-hybridized carbons (Fsp3) is 0.240. The summed E-state index contributed by atoms with van der Waals surface area (Å²) in [5.74, 6) is 0.845. The number of amides is 1. The summed E-state index contributed by atoms with van der Waals surface area (Å²) < 4.78 is 5.44. The molecule has 3 heteroatoms. The Balaban J connectivity index is 1.75. The quantitative estimate of drug-likeness (QED) is 0.656. The van der Waals surface area contributed by atoms with Crippen LogP contribution in [-0.4, -0.2) is 13.0 Å². The van der Waals surface area contributed by atoms with Crippen molar-refractivity contribution in [2.45, 2.75) is 31.7 Å². The van der Waals surface area contributed by atoms with Crippen molar-refractivity contribution >= 4 is 5.91 Å². The van der Waals surface area contributed by atoms with Gasteiger partial charge < -0.3 is 10.1 Å². The van der Waals surface area contributed by atoms with E-state index in [1.807, 2.05) is 48.5 Å². The van der Waals surface area contributed by atoms with E-state index in [-0.39, 0.29) is 5.91 Å². The van der Waals surface area contributed by atoms with Gasteiger partial charge in [0.25, 0.3) is 0 Å². The maximum atomic E-state index is 13.7. The van der Waals surface area contributed by atoms with Crippen LogP contribution in [0.4, 0.5) is 0 Å². The SMILES string of the molecule is CCCC1(C(=O)NCc2ccccc2OC)c2ccccc2-c2ccccc21. The average Bonchev–Trinajstić information content (AvgIpc) is 3.04. The van der Waals surface area contributed by atoms with Crippen LogP contribution in [0.1, 0.15) is 36.5 Å². The number of fused-ring (bicyclic) bond motifs is 3. The van der Waals surface area contributed by atoms with Gasteiger partial charge in [-0.3, -0.25) is 4.79 Å². The van der Waals surface area contributed by atoms with Crippen molar-refractivity contribution in [3.05, 3.63) is 89.5 Å². The van der Waals surface area contributed by atoms with E-state index >= 15 is 0 Å². The highest BCUT2D eigenvalue weighted by atomic mass is 16.5. The Morgan fingerprint density at radius 2 is 1.46 bits per heavy atom. The number of carbonyl (C=O) groups is 1. The molecule has 1 aliphatic carbocycles. The van der Waals surface area contributed by atoms with Crippen molar-refractivity contribution in [2.24, 2.45) is 0 Å². The molecule has 0 unspecified atom stereocenters. The molecular weight excluding hydrogens is 346 g/mol. The molecule has 4 rings (SSSR count). The first kappa shape index (κ1) is 18.3. The van der Waals surface area contributed by atoms with Gasteiger partial charge >= 0.3 is 0 Å². The molecule has 1 amide bonds. The fourth-order valence-corrected chi connectivity index (χ4v) is 4.50. The van der Waals surface area contributed by atoms with Gasteiger partial charge in [-0.05, 0) is 34.7 Å². The molecule has 0 aromatic heterocycles. The van der Waals surface area contributed by atoms with Crippen LogP contribution >= 0.6 is 0 Å². The van der Waals surface area contributed by atoms with Crippen LogP contribution < -0.4 is 10.1 Å². The first-order chi connectivity index (χ1) is 13.7. The van der Waals surface area contributed by atoms with Crippen molar-refractivity contribution in [3.63, 3.8) is 0 Å². The topological polar surface area (TPSA) is 38.3 Å². The van der Waals surface area contributed by atoms with Crippen molar-refractivity contribution < 1.29 is 9.53 Å². The highest BCUT2D eigenvalue weighted by molar-refractivity contribution is 6.00. The molecular formula is C25H25NO2. The molecule has 0 saturated heterocycles. The number of methoxy groups -OCH3 is 1. The summed E-state index contributed by atoms with van der Waals surface area (Å²) in [7, 11) is 1.66. The molecule has 0 spiro atoms. The number of benzene rings is 3. The van der Waals surface area contributed by atoms with Gasteiger partial charge in [-0.1, -0.05) is 80.1 Å². The molecule has 3 nitrogen and oxygen atoms in total. The minimum atomic E-state index is -0.649. The van der Waals surface area contributed by atoms with E-state index in [4.69, 9.17) is 4.74 Å². The predicted octanol–water partition coefficient (Wildman–Crippen LogP) is 5.08. The van der Waals surface area contributed by atoms with Crippen LogP contribution in [0.5, 0.6) is 5.75 Å². The largest absolute Gasteiger partial charge is 0.496 e. The van der Waals surface area contributed by atoms with E-state index in [9.17, 15) is 4.79 Å². The van der Waals surface area contributed by atoms with Gasteiger partial charge in [-0.25, -0.2) is 0 Å². The fourth-order valence-electron chi connectivity index (χ4n) is 4.50. The van der Waals surface area contributed by atoms with E-state index in [1.165, 1.54) is 11.1 Å². The van der Waals surface area contributed by atoms with Crippen molar-refractivity contribution in [1.82, 2.24) is 5.32 Å². The van der Waals surface area contributed by atoms with Gasteiger partial charge in [0.05, 0.1) is 7.11 Å². The molecule has 0 fully saturated rings. The number of hydrogen-bond donors (Lipinski definition) is 1. The number of hydrogen-bond acceptors (Lipinski definition) is 2. The summed E-state index contributed by atoms with van der Waals surface area (Å²) in [5, 5.41) is 3.20. The van der Waals surface area contributed by atoms with Crippen molar-refractivity contribution in [3.8, 4) is 16.9 Å². The van der Waals surface area contributed by atoms with Gasteiger partial charge in [-0.15, -0.1) is 0 Å². The Morgan fingerprint density at radius 3 is 2.07 bits per heavy atom. The van der Waals surface area contributed by atoms with E-state index in [1.54, 1.807) is 7.11 Å². The highest BCUT2D eigenvalue weighted by Gasteiger charge is 2.48. The zero-order chi connectivity index (χ0) is 19.6. The predicted molar refractivity (Wildman–Crippen MR) is 112 cm³/mol. The summed E-state index contributed by atoms with van der Waals surface area (Å²) in [5.41, 5.74) is 4.87. The van der Waals surface area contributed by atoms with E-state index in [0.29, 0.717) is 6.54 Å². The van der Waals surface area contributed by atoms with E-state index in [2.05, 4.69) is 36.5 Å². The molecule has 0 aliphatic heterocycles. The van der Waals surface area contributed by atoms with E-state index in [0.717, 1.165) is 35.3 Å². The molecule has 1 aliphatic rings. The van der Waals surface area contributed by atoms with Crippen molar-refractivity contribution in [1.29, 1.82) is 0 Å². The molecule has 0 saturated carbocycles. The van der Waals surface area contributed by atoms with E-state index < -0.39 is 5.41 Å². The second kappa shape index (κ2) is 7.51. The second-order valence-electron chi connectivity index (χ2n) is 7.24. The van der Waals surface area contributed by atoms with Crippen LogP contribution in [0.15, 0.2) is 72.8 Å². The summed E-state index contributed by atoms with van der Waals surface area (Å²) in [6.45, 7) is 2.58. The average molecular weight is 371 g/mol. The molecule has 0 heterocycles. The monoisotopic (exact) mass is 371 g/mol. The number of ether oxygens (including phenoxy) is 1. The van der Waals surface area contributed by atoms with Gasteiger partial charge in [0.1, 0.15) is 11.2 Å². The zero-order valence-electron chi connectivity index (χ0n) is 16.4. The molecule has 142 valence electrons. The Labute approximate surface area is 166 Å². The summed E-state index contributed by atoms with van der Waals surface area (Å²) in [4.78, 5) is 13.7. The molecule has 3 aromatic rings. The second-order valence-corrected chi connectivity index (χ2v) is 7.24. The standard InChI is InChI=1S/C25H25NO2/c1-3-16-25(24(27)26-17-18-10-4-9-15-23(18)28-2)21-13-7-5-11-19(21)20-12-6-8-14-22(20)25/h4-15H,3,16-17H2,1-2H3,(H,26,27). The van der Waals surface area contributed by atoms with Crippen LogP contribution in [0.2, 0.25) is 0 Å². The maximum absolute atomic E-state index is 13.7. The normalized spacial score (nSPS) is 13.5. The first-order valence-corrected chi connectivity index (χ1v) is 9.82. The Hall–Kier alpha value is -3.07. The number of nitrogens with one attached hydrogen (secondary N) is 1. The smallest absolute Gasteiger partial charge is 0.235 e. The lowest BCUT2D eigenvalue weighted by molar-refractivity contribution is -0.125. The van der Waals surface area contributed by atoms with Crippen LogP contribution in [0, 0.1) is 0 Å². The maximum Gasteiger partial charge on any atom is 0.235 e. The molecule has 0 radical (unpaired) electrons. The lowest BCUT2D eigenvalue weighted by Crippen LogP contribution is -2.43. The lowest BCUT2D eigenvalue weighted by Gasteiger charge is -2.30. The van der Waals surface area contributed by atoms with Crippen LogP contribution in [0.25, 0.3) is 11.1 Å². The van der Waals surface area contributed by atoms with Crippen molar-refractivity contribution in [2.75, 3.05) is 7.11 Å². The van der Waals surface area contributed by atoms with Crippen LogP contribution in [0.3, 0.4) is 0 Å². The summed E-state index contributed by atoms with van der Waals surface area (Å²) in [6, 6.07) is 24.4. The Kier molecular flexibility index (Phi) is 4.91. The summed E-state index contributed by atoms with van der Waals surface area (Å²) >= 11 is 0. The van der Waals surface area contributed by atoms with Gasteiger partial charge in [0, 0.05) is 12.1 Å². The number of carbonyl (C=O) groups excluding carboxylic acids is 1. The molecule has 1 N–H and O–H groups in total. The van der Waals surface area contributed by atoms with Crippen LogP contribution in [-0.2, 0) is 16.8 Å². The Bertz CT molecular complexity index is 963. The third kappa shape index (κ3) is 2.78. The molecule has 3 aromatic carbocycles. The molecule has 0 bridgehead atoms. The molecule has 28 heavy (non-hydrogen) atoms. The third-order valence-corrected chi connectivity index (χ3v) is 5.71. The number of para-hydroxylation sites is 1. The summed E-state index contributed by atoms with van der Waals surface area (Å²) in [6.07, 6.45) is 1.70. The van der Waals surface area contributed by atoms with Gasteiger partial charge in [-0.2, -0.15) is 0 Å². The minimum Gasteiger partial charge on any atom is -0.496 e. The van der Waals surface area contributed by atoms with Gasteiger partial charge in [0.2, 0.25) is 5.91 Å². The Morgan fingerprint density at radius 1 is 0.893 bits per heavy atom. The first-order valence-electron chi connectivity index (χ1n) is 9.82. The highest BCUT2D eigenvalue weighted by Crippen LogP contribution is 2.51. The third-order valence-electron chi connectivity index (χ3n) is 5.71. The zero-order valence-corrected chi connectivity index (χ0v) is 16.4. The number of rotatable bonds is 6. The lowest BCUT2D eigenvalue weighted by atomic mass is 9.73.